The Labute approximate surface area is 436 Å². The van der Waals surface area contributed by atoms with Gasteiger partial charge in [0.1, 0.15) is 110 Å². The predicted octanol–water partition coefficient (Wildman–Crippen LogP) is -3.38. The Morgan fingerprint density at radius 1 is 0.520 bits per heavy atom. The van der Waals surface area contributed by atoms with E-state index in [9.17, 15) is 76.6 Å². The molecule has 0 aromatic rings. The van der Waals surface area contributed by atoms with Gasteiger partial charge in [-0.2, -0.15) is 0 Å². The molecule has 0 saturated carbocycles. The fraction of sp³-hybridized carbons (Fsp3) is 0.840. The molecule has 0 unspecified atom stereocenters. The monoisotopic (exact) mass is 1080 g/mol. The fourth-order valence-corrected chi connectivity index (χ4v) is 9.38. The zero-order valence-electron chi connectivity index (χ0n) is 43.3. The van der Waals surface area contributed by atoms with Crippen LogP contribution in [0.3, 0.4) is 0 Å². The van der Waals surface area contributed by atoms with Gasteiger partial charge in [-0.1, -0.05) is 36.3 Å². The van der Waals surface area contributed by atoms with Crippen molar-refractivity contribution >= 4 is 0 Å². The molecule has 15 N–H and O–H groups in total. The molecule has 0 aromatic carbocycles. The normalized spacial score (nSPS) is 44.3. The summed E-state index contributed by atoms with van der Waals surface area (Å²) in [5, 5.41) is 157. The van der Waals surface area contributed by atoms with Crippen molar-refractivity contribution in [3.05, 3.63) is 47.8 Å². The summed E-state index contributed by atoms with van der Waals surface area (Å²) < 4.78 is 57.7. The summed E-state index contributed by atoms with van der Waals surface area (Å²) in [7, 11) is 0. The van der Waals surface area contributed by atoms with Gasteiger partial charge in [0.05, 0.1) is 43.4 Å². The van der Waals surface area contributed by atoms with Crippen LogP contribution in [0.4, 0.5) is 0 Å². The number of aliphatic hydroxyl groups is 15. The summed E-state index contributed by atoms with van der Waals surface area (Å²) in [5.41, 5.74) is 1.21. The lowest BCUT2D eigenvalue weighted by molar-refractivity contribution is -0.365. The number of aliphatic hydroxyl groups excluding tert-OH is 15. The lowest BCUT2D eigenvalue weighted by Crippen LogP contribution is -2.65. The minimum atomic E-state index is -1.80. The van der Waals surface area contributed by atoms with E-state index in [0.717, 1.165) is 24.8 Å². The number of ether oxygens (including phenoxy) is 10. The number of rotatable bonds is 24. The smallest absolute Gasteiger partial charge is 0.228 e. The maximum atomic E-state index is 11.4. The van der Waals surface area contributed by atoms with Gasteiger partial charge in [0.2, 0.25) is 6.29 Å². The van der Waals surface area contributed by atoms with Crippen LogP contribution >= 0.6 is 0 Å². The Bertz CT molecular complexity index is 1840. The average Bonchev–Trinajstić information content (AvgIpc) is 3.38. The van der Waals surface area contributed by atoms with Gasteiger partial charge in [-0.05, 0) is 85.6 Å². The molecule has 0 aliphatic carbocycles. The SMILES string of the molecule is C=C[C@](C)(CC/C=C(\CC)CC/C=C(\C)CC/C=C(/C)O[C@@H]1O[C@H](CO[C@@H]2O[C@@H](C)[C@H](O)[C@@H](O)[C@H]2O)[C@@H](O[C@@H]2O[C@@H](C)[C@H](O)[C@@H](O)[C@H]2O)[C@H](O)[C@H]1O)O[C@@H]1O[C@H](CO)[C@@H](O[C@@H]2O[C@H](CO)[C@@H](O)[C@H](O)[C@H]2O)[C@H](O)[C@H]1O. The zero-order chi connectivity index (χ0) is 55.6. The van der Waals surface area contributed by atoms with Crippen LogP contribution < -0.4 is 0 Å². The maximum Gasteiger partial charge on any atom is 0.228 e. The van der Waals surface area contributed by atoms with Gasteiger partial charge >= 0.3 is 0 Å². The first-order valence-electron chi connectivity index (χ1n) is 25.6. The van der Waals surface area contributed by atoms with Crippen LogP contribution in [0.15, 0.2) is 47.8 Å². The van der Waals surface area contributed by atoms with Crippen LogP contribution in [-0.2, 0) is 47.4 Å². The number of hydrogen-bond donors (Lipinski definition) is 15. The zero-order valence-corrected chi connectivity index (χ0v) is 43.3. The van der Waals surface area contributed by atoms with E-state index in [4.69, 9.17) is 47.4 Å². The molecule has 26 atom stereocenters. The Morgan fingerprint density at radius 3 is 1.57 bits per heavy atom. The molecule has 5 aliphatic heterocycles. The lowest BCUT2D eigenvalue weighted by Gasteiger charge is -2.47. The van der Waals surface area contributed by atoms with Gasteiger partial charge < -0.3 is 124 Å². The minimum absolute atomic E-state index is 0.345. The molecule has 0 bridgehead atoms. The van der Waals surface area contributed by atoms with Crippen LogP contribution in [0.5, 0.6) is 0 Å². The summed E-state index contributed by atoms with van der Waals surface area (Å²) in [6.07, 6.45) is -26.2. The van der Waals surface area contributed by atoms with Crippen molar-refractivity contribution < 1.29 is 124 Å². The third-order valence-electron chi connectivity index (χ3n) is 14.5. The Hall–Kier alpha value is -2.20. The molecule has 5 fully saturated rings. The molecule has 0 spiro atoms. The van der Waals surface area contributed by atoms with E-state index in [1.54, 1.807) is 26.0 Å². The Morgan fingerprint density at radius 2 is 1.00 bits per heavy atom. The van der Waals surface area contributed by atoms with Gasteiger partial charge in [0.15, 0.2) is 25.2 Å². The van der Waals surface area contributed by atoms with Crippen molar-refractivity contribution in [3.8, 4) is 0 Å². The van der Waals surface area contributed by atoms with E-state index >= 15 is 0 Å². The van der Waals surface area contributed by atoms with Crippen LogP contribution in [0, 0.1) is 0 Å². The quantitative estimate of drug-likeness (QED) is 0.0331. The van der Waals surface area contributed by atoms with Gasteiger partial charge in [-0.3, -0.25) is 0 Å². The van der Waals surface area contributed by atoms with Crippen molar-refractivity contribution in [1.29, 1.82) is 0 Å². The average molecular weight is 1090 g/mol. The molecule has 0 aromatic heterocycles. The van der Waals surface area contributed by atoms with Crippen molar-refractivity contribution in [2.24, 2.45) is 0 Å². The van der Waals surface area contributed by atoms with E-state index in [1.807, 2.05) is 13.8 Å². The van der Waals surface area contributed by atoms with E-state index in [2.05, 4.69) is 18.7 Å². The minimum Gasteiger partial charge on any atom is -0.467 e. The Balaban J connectivity index is 1.11. The highest BCUT2D eigenvalue weighted by molar-refractivity contribution is 5.08. The molecule has 5 aliphatic rings. The first-order chi connectivity index (χ1) is 35.4. The highest BCUT2D eigenvalue weighted by Crippen LogP contribution is 2.35. The summed E-state index contributed by atoms with van der Waals surface area (Å²) >= 11 is 0. The van der Waals surface area contributed by atoms with Crippen molar-refractivity contribution in [2.75, 3.05) is 19.8 Å². The van der Waals surface area contributed by atoms with Gasteiger partial charge in [0, 0.05) is 0 Å². The first kappa shape index (κ1) is 63.6. The standard InChI is InChI=1S/C50H84O25/c1-8-26(17-12-18-50(7,9-2)75-49-42(65)37(60)43(28(20-52)71-49)73-48-40(63)35(58)32(55)27(19-51)70-48)16-11-14-22(3)13-10-15-23(4)67-46-41(64)36(59)44(74-47-39(62)34(57)31(54)25(6)69-47)29(72-46)21-66-45-38(61)33(56)30(53)24(5)68-45/h9,14-15,17,24-25,27-49,51-65H,2,8,10-13,16,18-21H2,1,3-7H3/b22-14+,23-15-,26-17+/t24-,25-,27+,28+,29+,30-,31-,32+,33+,34+,35-,36+,37+,38+,39+,40+,41+,42+,43+,44+,45+,46+,47-,48-,49-,50+/m0/s1. The van der Waals surface area contributed by atoms with Gasteiger partial charge in [-0.25, -0.2) is 0 Å². The molecule has 5 rings (SSSR count). The van der Waals surface area contributed by atoms with E-state index < -0.39 is 179 Å². The van der Waals surface area contributed by atoms with Gasteiger partial charge in [0.25, 0.3) is 0 Å². The fourth-order valence-electron chi connectivity index (χ4n) is 9.38. The molecule has 25 nitrogen and oxygen atoms in total. The van der Waals surface area contributed by atoms with E-state index in [1.165, 1.54) is 19.4 Å². The third-order valence-corrected chi connectivity index (χ3v) is 14.5. The first-order valence-corrected chi connectivity index (χ1v) is 25.6. The number of hydrogen-bond acceptors (Lipinski definition) is 25. The van der Waals surface area contributed by atoms with Crippen molar-refractivity contribution in [1.82, 2.24) is 0 Å². The lowest BCUT2D eigenvalue weighted by atomic mass is 9.95. The van der Waals surface area contributed by atoms with Crippen LogP contribution in [0.1, 0.15) is 86.5 Å². The molecule has 5 heterocycles. The molecule has 5 saturated heterocycles. The second-order valence-corrected chi connectivity index (χ2v) is 20.3. The Kier molecular flexibility index (Phi) is 24.4. The molecule has 0 radical (unpaired) electrons. The molecule has 25 heteroatoms. The van der Waals surface area contributed by atoms with Crippen molar-refractivity contribution in [2.45, 2.75) is 246 Å². The van der Waals surface area contributed by atoms with Crippen LogP contribution in [-0.4, -0.2) is 256 Å². The number of allylic oxidation sites excluding steroid dienone is 6. The molecule has 75 heavy (non-hydrogen) atoms. The summed E-state index contributed by atoms with van der Waals surface area (Å²) in [6, 6.07) is 0. The van der Waals surface area contributed by atoms with Crippen molar-refractivity contribution in [3.63, 3.8) is 0 Å². The van der Waals surface area contributed by atoms with E-state index in [-0.39, 0.29) is 0 Å². The largest absolute Gasteiger partial charge is 0.467 e. The molecule has 434 valence electrons. The highest BCUT2D eigenvalue weighted by Gasteiger charge is 2.54. The predicted molar refractivity (Wildman–Crippen MR) is 257 cm³/mol. The molecule has 0 amide bonds. The highest BCUT2D eigenvalue weighted by atomic mass is 16.8. The molecular weight excluding hydrogens is 1000 g/mol. The second kappa shape index (κ2) is 28.8. The van der Waals surface area contributed by atoms with E-state index in [0.29, 0.717) is 31.4 Å². The maximum absolute atomic E-state index is 11.4. The third kappa shape index (κ3) is 16.0. The second-order valence-electron chi connectivity index (χ2n) is 20.3. The summed E-state index contributed by atoms with van der Waals surface area (Å²) in [4.78, 5) is 0. The van der Waals surface area contributed by atoms with Gasteiger partial charge in [-0.15, -0.1) is 6.58 Å². The van der Waals surface area contributed by atoms with Crippen LogP contribution in [0.2, 0.25) is 0 Å². The molecular formula is C50H84O25. The summed E-state index contributed by atoms with van der Waals surface area (Å²) in [6.45, 7) is 12.3. The summed E-state index contributed by atoms with van der Waals surface area (Å²) in [5.74, 6) is 0.345. The van der Waals surface area contributed by atoms with Crippen LogP contribution in [0.25, 0.3) is 0 Å². The topological polar surface area (TPSA) is 396 Å².